The third-order valence-corrected chi connectivity index (χ3v) is 5.95. The summed E-state index contributed by atoms with van der Waals surface area (Å²) in [5, 5.41) is 10.9. The zero-order chi connectivity index (χ0) is 18.1. The fourth-order valence-corrected chi connectivity index (χ4v) is 4.36. The van der Waals surface area contributed by atoms with Crippen molar-refractivity contribution in [1.29, 1.82) is 0 Å². The maximum Gasteiger partial charge on any atom is 0.167 e. The molecule has 1 heterocycles. The van der Waals surface area contributed by atoms with Gasteiger partial charge in [-0.05, 0) is 37.3 Å². The number of carbonyl (C=O) groups is 1. The minimum Gasteiger partial charge on any atom is -0.385 e. The SMILES string of the molecule is O=C1c2ccccc2CCC1CN1CCC(O)(c2ccccc2F)CC1. The first-order valence-corrected chi connectivity index (χ1v) is 9.39. The van der Waals surface area contributed by atoms with Crippen LogP contribution in [0.5, 0.6) is 0 Å². The van der Waals surface area contributed by atoms with Crippen LogP contribution >= 0.6 is 0 Å². The molecular weight excluding hydrogens is 329 g/mol. The van der Waals surface area contributed by atoms with E-state index in [4.69, 9.17) is 0 Å². The van der Waals surface area contributed by atoms with Gasteiger partial charge >= 0.3 is 0 Å². The molecule has 4 rings (SSSR count). The summed E-state index contributed by atoms with van der Waals surface area (Å²) in [6, 6.07) is 14.4. The Kier molecular flexibility index (Phi) is 4.63. The van der Waals surface area contributed by atoms with Gasteiger partial charge in [0.05, 0.1) is 5.60 Å². The van der Waals surface area contributed by atoms with Gasteiger partial charge in [-0.1, -0.05) is 42.5 Å². The predicted molar refractivity (Wildman–Crippen MR) is 98.6 cm³/mol. The van der Waals surface area contributed by atoms with E-state index in [1.165, 1.54) is 6.07 Å². The number of piperidine rings is 1. The van der Waals surface area contributed by atoms with Crippen molar-refractivity contribution in [3.63, 3.8) is 0 Å². The van der Waals surface area contributed by atoms with Crippen molar-refractivity contribution >= 4 is 5.78 Å². The van der Waals surface area contributed by atoms with Crippen LogP contribution in [0.4, 0.5) is 4.39 Å². The molecule has 1 fully saturated rings. The zero-order valence-corrected chi connectivity index (χ0v) is 14.8. The van der Waals surface area contributed by atoms with Crippen LogP contribution in [0.2, 0.25) is 0 Å². The van der Waals surface area contributed by atoms with Gasteiger partial charge in [0.15, 0.2) is 5.78 Å². The largest absolute Gasteiger partial charge is 0.385 e. The van der Waals surface area contributed by atoms with E-state index in [1.54, 1.807) is 18.2 Å². The number of Topliss-reactive ketones (excluding diaryl/α,β-unsaturated/α-hetero) is 1. The Hall–Kier alpha value is -2.04. The number of halogens is 1. The number of ketones is 1. The average Bonchev–Trinajstić information content (AvgIpc) is 2.66. The van der Waals surface area contributed by atoms with Crippen LogP contribution in [0, 0.1) is 11.7 Å². The molecule has 1 aliphatic heterocycles. The van der Waals surface area contributed by atoms with Crippen molar-refractivity contribution < 1.29 is 14.3 Å². The number of likely N-dealkylation sites (tertiary alicyclic amines) is 1. The maximum atomic E-state index is 14.1. The number of fused-ring (bicyclic) bond motifs is 1. The summed E-state index contributed by atoms with van der Waals surface area (Å²) in [5.74, 6) is -0.0890. The van der Waals surface area contributed by atoms with Crippen molar-refractivity contribution in [1.82, 2.24) is 4.90 Å². The molecule has 3 nitrogen and oxygen atoms in total. The van der Waals surface area contributed by atoms with Gasteiger partial charge in [-0.3, -0.25) is 4.79 Å². The molecule has 136 valence electrons. The smallest absolute Gasteiger partial charge is 0.167 e. The van der Waals surface area contributed by atoms with Gasteiger partial charge < -0.3 is 10.0 Å². The predicted octanol–water partition coefficient (Wildman–Crippen LogP) is 3.55. The quantitative estimate of drug-likeness (QED) is 0.917. The van der Waals surface area contributed by atoms with E-state index < -0.39 is 5.60 Å². The standard InChI is InChI=1S/C22H24FNO2/c23-20-8-4-3-7-19(20)22(26)11-13-24(14-12-22)15-17-10-9-16-5-1-2-6-18(16)21(17)25/h1-8,17,26H,9-15H2. The molecule has 2 aromatic rings. The molecule has 4 heteroatoms. The first-order valence-electron chi connectivity index (χ1n) is 9.39. The number of hydrogen-bond donors (Lipinski definition) is 1. The Bertz CT molecular complexity index is 811. The molecule has 0 amide bonds. The first kappa shape index (κ1) is 17.4. The molecule has 0 spiro atoms. The lowest BCUT2D eigenvalue weighted by Gasteiger charge is -2.40. The zero-order valence-electron chi connectivity index (χ0n) is 14.8. The second-order valence-electron chi connectivity index (χ2n) is 7.57. The number of nitrogens with zero attached hydrogens (tertiary/aromatic N) is 1. The van der Waals surface area contributed by atoms with Gasteiger partial charge in [0.1, 0.15) is 5.82 Å². The van der Waals surface area contributed by atoms with Crippen LogP contribution in [0.25, 0.3) is 0 Å². The van der Waals surface area contributed by atoms with Crippen molar-refractivity contribution in [3.8, 4) is 0 Å². The molecular formula is C22H24FNO2. The number of aliphatic hydroxyl groups is 1. The second-order valence-corrected chi connectivity index (χ2v) is 7.57. The minimum absolute atomic E-state index is 0.0181. The molecule has 1 atom stereocenters. The van der Waals surface area contributed by atoms with E-state index in [0.29, 0.717) is 31.5 Å². The van der Waals surface area contributed by atoms with E-state index in [1.807, 2.05) is 24.3 Å². The Morgan fingerprint density at radius 1 is 1.08 bits per heavy atom. The van der Waals surface area contributed by atoms with Crippen LogP contribution < -0.4 is 0 Å². The molecule has 26 heavy (non-hydrogen) atoms. The highest BCUT2D eigenvalue weighted by Crippen LogP contribution is 2.35. The van der Waals surface area contributed by atoms with Gasteiger partial charge in [0.2, 0.25) is 0 Å². The number of aryl methyl sites for hydroxylation is 1. The van der Waals surface area contributed by atoms with E-state index >= 15 is 0 Å². The number of benzene rings is 2. The highest BCUT2D eigenvalue weighted by Gasteiger charge is 2.37. The third kappa shape index (κ3) is 3.19. The summed E-state index contributed by atoms with van der Waals surface area (Å²) >= 11 is 0. The van der Waals surface area contributed by atoms with Crippen molar-refractivity contribution in [2.45, 2.75) is 31.3 Å². The van der Waals surface area contributed by atoms with Gasteiger partial charge in [0, 0.05) is 36.7 Å². The van der Waals surface area contributed by atoms with Crippen molar-refractivity contribution in [2.75, 3.05) is 19.6 Å². The van der Waals surface area contributed by atoms with Crippen LogP contribution in [0.3, 0.4) is 0 Å². The molecule has 1 saturated heterocycles. The van der Waals surface area contributed by atoms with Gasteiger partial charge in [-0.15, -0.1) is 0 Å². The van der Waals surface area contributed by atoms with E-state index in [9.17, 15) is 14.3 Å². The fourth-order valence-electron chi connectivity index (χ4n) is 4.36. The third-order valence-electron chi connectivity index (χ3n) is 5.95. The molecule has 1 N–H and O–H groups in total. The monoisotopic (exact) mass is 353 g/mol. The molecule has 0 bridgehead atoms. The molecule has 0 aromatic heterocycles. The molecule has 2 aliphatic rings. The lowest BCUT2D eigenvalue weighted by molar-refractivity contribution is -0.0308. The topological polar surface area (TPSA) is 40.5 Å². The summed E-state index contributed by atoms with van der Waals surface area (Å²) in [6.45, 7) is 2.08. The number of hydrogen-bond acceptors (Lipinski definition) is 3. The summed E-state index contributed by atoms with van der Waals surface area (Å²) < 4.78 is 14.1. The molecule has 2 aromatic carbocycles. The number of rotatable bonds is 3. The molecule has 0 radical (unpaired) electrons. The fraction of sp³-hybridized carbons (Fsp3) is 0.409. The highest BCUT2D eigenvalue weighted by molar-refractivity contribution is 6.00. The normalized spacial score (nSPS) is 22.8. The Balaban J connectivity index is 1.40. The average molecular weight is 353 g/mol. The first-order chi connectivity index (χ1) is 12.6. The summed E-state index contributed by atoms with van der Waals surface area (Å²) in [7, 11) is 0. The lowest BCUT2D eigenvalue weighted by atomic mass is 9.81. The van der Waals surface area contributed by atoms with Crippen molar-refractivity contribution in [3.05, 3.63) is 71.0 Å². The summed E-state index contributed by atoms with van der Waals surface area (Å²) in [4.78, 5) is 15.0. The molecule has 0 saturated carbocycles. The minimum atomic E-state index is -1.11. The Morgan fingerprint density at radius 3 is 2.54 bits per heavy atom. The van der Waals surface area contributed by atoms with Crippen LogP contribution in [-0.4, -0.2) is 35.4 Å². The maximum absolute atomic E-state index is 14.1. The summed E-state index contributed by atoms with van der Waals surface area (Å²) in [6.07, 6.45) is 2.81. The van der Waals surface area contributed by atoms with Gasteiger partial charge in [-0.25, -0.2) is 4.39 Å². The number of carbonyl (C=O) groups excluding carboxylic acids is 1. The van der Waals surface area contributed by atoms with Crippen LogP contribution in [0.1, 0.15) is 40.7 Å². The lowest BCUT2D eigenvalue weighted by Crippen LogP contribution is -2.46. The van der Waals surface area contributed by atoms with Crippen LogP contribution in [-0.2, 0) is 12.0 Å². The van der Waals surface area contributed by atoms with Gasteiger partial charge in [-0.2, -0.15) is 0 Å². The van der Waals surface area contributed by atoms with Crippen LogP contribution in [0.15, 0.2) is 48.5 Å². The van der Waals surface area contributed by atoms with E-state index in [2.05, 4.69) is 4.90 Å². The Labute approximate surface area is 153 Å². The summed E-state index contributed by atoms with van der Waals surface area (Å²) in [5.41, 5.74) is 1.30. The van der Waals surface area contributed by atoms with Crippen molar-refractivity contribution in [2.24, 2.45) is 5.92 Å². The van der Waals surface area contributed by atoms with E-state index in [0.717, 1.165) is 30.5 Å². The Morgan fingerprint density at radius 2 is 1.77 bits per heavy atom. The van der Waals surface area contributed by atoms with Gasteiger partial charge in [0.25, 0.3) is 0 Å². The van der Waals surface area contributed by atoms with E-state index in [-0.39, 0.29) is 17.5 Å². The highest BCUT2D eigenvalue weighted by atomic mass is 19.1. The molecule has 1 unspecified atom stereocenters. The second kappa shape index (κ2) is 6.93. The molecule has 1 aliphatic carbocycles.